The van der Waals surface area contributed by atoms with Crippen LogP contribution in [0.1, 0.15) is 39.3 Å². The van der Waals surface area contributed by atoms with Crippen molar-refractivity contribution in [1.82, 2.24) is 10.2 Å². The first-order valence-corrected chi connectivity index (χ1v) is 7.67. The fourth-order valence-electron chi connectivity index (χ4n) is 3.47. The van der Waals surface area contributed by atoms with Crippen LogP contribution in [-0.2, 0) is 10.4 Å². The summed E-state index contributed by atoms with van der Waals surface area (Å²) < 4.78 is 6.17. The molecule has 1 fully saturated rings. The molecular weight excluding hydrogens is 278 g/mol. The Balaban J connectivity index is 1.82. The fourth-order valence-corrected chi connectivity index (χ4v) is 3.47. The summed E-state index contributed by atoms with van der Waals surface area (Å²) in [5.74, 6) is 0.995. The molecule has 0 saturated carbocycles. The van der Waals surface area contributed by atoms with Crippen LogP contribution < -0.4 is 9.64 Å². The van der Waals surface area contributed by atoms with Gasteiger partial charge in [-0.15, -0.1) is 0 Å². The molecule has 1 atom stereocenters. The normalized spacial score (nSPS) is 22.2. The molecule has 1 N–H and O–H groups in total. The highest BCUT2D eigenvalue weighted by Gasteiger charge is 2.36. The van der Waals surface area contributed by atoms with Gasteiger partial charge in [0.05, 0.1) is 11.9 Å². The molecule has 2 aliphatic heterocycles. The molecule has 0 radical (unpaired) electrons. The van der Waals surface area contributed by atoms with Gasteiger partial charge in [0.2, 0.25) is 5.91 Å². The van der Waals surface area contributed by atoms with E-state index in [4.69, 9.17) is 4.74 Å². The maximum Gasteiger partial charge on any atom is 0.227 e. The van der Waals surface area contributed by atoms with E-state index in [0.717, 1.165) is 34.7 Å². The van der Waals surface area contributed by atoms with E-state index in [1.54, 1.807) is 0 Å². The zero-order chi connectivity index (χ0) is 15.5. The molecule has 0 bridgehead atoms. The van der Waals surface area contributed by atoms with E-state index in [2.05, 4.69) is 17.1 Å². The third-order valence-corrected chi connectivity index (χ3v) is 4.63. The van der Waals surface area contributed by atoms with Crippen molar-refractivity contribution < 1.29 is 9.53 Å². The van der Waals surface area contributed by atoms with Gasteiger partial charge in [-0.2, -0.15) is 5.10 Å². The van der Waals surface area contributed by atoms with Gasteiger partial charge in [-0.1, -0.05) is 0 Å². The first-order chi connectivity index (χ1) is 10.5. The summed E-state index contributed by atoms with van der Waals surface area (Å²) in [6.45, 7) is 6.12. The minimum Gasteiger partial charge on any atom is -0.481 e. The second-order valence-corrected chi connectivity index (χ2v) is 6.60. The first-order valence-electron chi connectivity index (χ1n) is 7.67. The molecule has 1 aromatic heterocycles. The third kappa shape index (κ3) is 1.78. The van der Waals surface area contributed by atoms with Crippen molar-refractivity contribution in [1.29, 1.82) is 0 Å². The van der Waals surface area contributed by atoms with E-state index < -0.39 is 5.60 Å². The number of carbonyl (C=O) groups excluding carboxylic acids is 1. The Morgan fingerprint density at radius 3 is 2.91 bits per heavy atom. The van der Waals surface area contributed by atoms with Crippen LogP contribution in [0.15, 0.2) is 24.4 Å². The number of carbonyl (C=O) groups is 1. The van der Waals surface area contributed by atoms with E-state index in [0.29, 0.717) is 6.42 Å². The summed E-state index contributed by atoms with van der Waals surface area (Å²) in [6.07, 6.45) is 3.37. The van der Waals surface area contributed by atoms with Crippen LogP contribution >= 0.6 is 0 Å². The lowest BCUT2D eigenvalue weighted by Crippen LogP contribution is -2.32. The predicted octanol–water partition coefficient (Wildman–Crippen LogP) is 3.22. The van der Waals surface area contributed by atoms with Crippen molar-refractivity contribution in [2.45, 2.75) is 45.3 Å². The molecule has 3 heterocycles. The van der Waals surface area contributed by atoms with Crippen molar-refractivity contribution in [3.63, 3.8) is 0 Å². The average molecular weight is 297 g/mol. The quantitative estimate of drug-likeness (QED) is 0.879. The number of ether oxygens (including phenoxy) is 1. The van der Waals surface area contributed by atoms with E-state index in [1.807, 2.05) is 43.1 Å². The molecule has 2 aliphatic rings. The Morgan fingerprint density at radius 2 is 2.18 bits per heavy atom. The molecule has 5 heteroatoms. The van der Waals surface area contributed by atoms with Gasteiger partial charge in [0.15, 0.2) is 0 Å². The number of amides is 1. The summed E-state index contributed by atoms with van der Waals surface area (Å²) in [5.41, 5.74) is 3.53. The third-order valence-electron chi connectivity index (χ3n) is 4.63. The standard InChI is InChI=1S/C17H19N3O2/c1-10-4-7-15(21)20(10)11-5-6-12-13-9-18-19-16(13)17(2,3)22-14(12)8-11/h5-6,8-10H,4,7H2,1-3H3,(H,18,19)/t10-/m1/s1. The average Bonchev–Trinajstić information content (AvgIpc) is 3.06. The fraction of sp³-hybridized carbons (Fsp3) is 0.412. The minimum atomic E-state index is -0.460. The number of anilines is 1. The smallest absolute Gasteiger partial charge is 0.227 e. The predicted molar refractivity (Wildman–Crippen MR) is 83.9 cm³/mol. The van der Waals surface area contributed by atoms with Crippen molar-refractivity contribution in [3.8, 4) is 16.9 Å². The Morgan fingerprint density at radius 1 is 1.36 bits per heavy atom. The van der Waals surface area contributed by atoms with E-state index in [-0.39, 0.29) is 11.9 Å². The molecule has 1 amide bonds. The second-order valence-electron chi connectivity index (χ2n) is 6.60. The number of nitrogens with zero attached hydrogens (tertiary/aromatic N) is 2. The lowest BCUT2D eigenvalue weighted by atomic mass is 9.92. The topological polar surface area (TPSA) is 58.2 Å². The van der Waals surface area contributed by atoms with Crippen molar-refractivity contribution in [2.75, 3.05) is 4.90 Å². The largest absolute Gasteiger partial charge is 0.481 e. The van der Waals surface area contributed by atoms with Gasteiger partial charge in [-0.25, -0.2) is 0 Å². The van der Waals surface area contributed by atoms with Gasteiger partial charge in [0.25, 0.3) is 0 Å². The van der Waals surface area contributed by atoms with Crippen LogP contribution in [0.5, 0.6) is 5.75 Å². The van der Waals surface area contributed by atoms with Crippen LogP contribution in [0.2, 0.25) is 0 Å². The lowest BCUT2D eigenvalue weighted by molar-refractivity contribution is -0.117. The van der Waals surface area contributed by atoms with Gasteiger partial charge >= 0.3 is 0 Å². The molecular formula is C17H19N3O2. The van der Waals surface area contributed by atoms with Gasteiger partial charge in [0, 0.05) is 35.3 Å². The number of rotatable bonds is 1. The zero-order valence-electron chi connectivity index (χ0n) is 13.0. The minimum absolute atomic E-state index is 0.187. The molecule has 114 valence electrons. The van der Waals surface area contributed by atoms with E-state index in [1.165, 1.54) is 0 Å². The Labute approximate surface area is 129 Å². The summed E-state index contributed by atoms with van der Waals surface area (Å²) in [4.78, 5) is 14.0. The second kappa shape index (κ2) is 4.35. The first kappa shape index (κ1) is 13.4. The summed E-state index contributed by atoms with van der Waals surface area (Å²) in [5, 5.41) is 7.19. The number of hydrogen-bond acceptors (Lipinski definition) is 3. The number of aromatic amines is 1. The molecule has 4 rings (SSSR count). The molecule has 5 nitrogen and oxygen atoms in total. The van der Waals surface area contributed by atoms with Crippen LogP contribution in [0.4, 0.5) is 5.69 Å². The Hall–Kier alpha value is -2.30. The van der Waals surface area contributed by atoms with Gasteiger partial charge < -0.3 is 9.64 Å². The van der Waals surface area contributed by atoms with Crippen LogP contribution in [0.25, 0.3) is 11.1 Å². The molecule has 0 aliphatic carbocycles. The summed E-state index contributed by atoms with van der Waals surface area (Å²) in [6, 6.07) is 6.24. The van der Waals surface area contributed by atoms with Gasteiger partial charge in [-0.05, 0) is 39.3 Å². The monoisotopic (exact) mass is 297 g/mol. The number of fused-ring (bicyclic) bond motifs is 3. The van der Waals surface area contributed by atoms with Crippen LogP contribution in [0.3, 0.4) is 0 Å². The number of nitrogens with one attached hydrogen (secondary N) is 1. The number of benzene rings is 1. The number of aromatic nitrogens is 2. The molecule has 2 aromatic rings. The van der Waals surface area contributed by atoms with Crippen LogP contribution in [-0.4, -0.2) is 22.1 Å². The Bertz CT molecular complexity index is 763. The van der Waals surface area contributed by atoms with Crippen LogP contribution in [0, 0.1) is 0 Å². The molecule has 1 saturated heterocycles. The molecule has 22 heavy (non-hydrogen) atoms. The van der Waals surface area contributed by atoms with Gasteiger partial charge in [0.1, 0.15) is 11.4 Å². The maximum absolute atomic E-state index is 12.1. The summed E-state index contributed by atoms with van der Waals surface area (Å²) in [7, 11) is 0. The van der Waals surface area contributed by atoms with Crippen molar-refractivity contribution in [3.05, 3.63) is 30.1 Å². The highest BCUT2D eigenvalue weighted by Crippen LogP contribution is 2.45. The highest BCUT2D eigenvalue weighted by molar-refractivity contribution is 5.97. The number of hydrogen-bond donors (Lipinski definition) is 1. The summed E-state index contributed by atoms with van der Waals surface area (Å²) >= 11 is 0. The molecule has 1 aromatic carbocycles. The molecule has 0 spiro atoms. The number of H-pyrrole nitrogens is 1. The van der Waals surface area contributed by atoms with Gasteiger partial charge in [-0.3, -0.25) is 9.89 Å². The SMILES string of the molecule is C[C@@H]1CCC(=O)N1c1ccc2c(c1)OC(C)(C)c1[nH]ncc1-2. The maximum atomic E-state index is 12.1. The van der Waals surface area contributed by atoms with E-state index in [9.17, 15) is 4.79 Å². The highest BCUT2D eigenvalue weighted by atomic mass is 16.5. The van der Waals surface area contributed by atoms with Crippen molar-refractivity contribution >= 4 is 11.6 Å². The lowest BCUT2D eigenvalue weighted by Gasteiger charge is -2.33. The molecule has 0 unspecified atom stereocenters. The zero-order valence-corrected chi connectivity index (χ0v) is 13.0. The van der Waals surface area contributed by atoms with E-state index >= 15 is 0 Å². The Kier molecular flexibility index (Phi) is 2.64. The van der Waals surface area contributed by atoms with Crippen molar-refractivity contribution in [2.24, 2.45) is 0 Å².